The molecule has 1 fully saturated rings. The van der Waals surface area contributed by atoms with Crippen LogP contribution >= 0.6 is 0 Å². The maximum absolute atomic E-state index is 5.43. The number of anilines is 1. The molecule has 1 aliphatic rings. The molecule has 2 heterocycles. The van der Waals surface area contributed by atoms with Crippen molar-refractivity contribution in [2.45, 2.75) is 13.2 Å². The minimum atomic E-state index is 0.201. The summed E-state index contributed by atoms with van der Waals surface area (Å²) in [5.74, 6) is 0. The summed E-state index contributed by atoms with van der Waals surface area (Å²) in [6, 6.07) is 4.01. The number of nitrogens with zero attached hydrogens (tertiary/aromatic N) is 2. The second-order valence-electron chi connectivity index (χ2n) is 2.87. The molecule has 64 valence electrons. The van der Waals surface area contributed by atoms with Crippen LogP contribution in [0.15, 0.2) is 24.5 Å². The number of rotatable bonds is 1. The van der Waals surface area contributed by atoms with E-state index in [-0.39, 0.29) is 6.23 Å². The van der Waals surface area contributed by atoms with Crippen molar-refractivity contribution in [1.82, 2.24) is 4.98 Å². The van der Waals surface area contributed by atoms with E-state index in [0.717, 1.165) is 13.2 Å². The van der Waals surface area contributed by atoms with Gasteiger partial charge in [0.15, 0.2) is 0 Å². The summed E-state index contributed by atoms with van der Waals surface area (Å²) < 4.78 is 5.43. The topological polar surface area (TPSA) is 25.4 Å². The quantitative estimate of drug-likeness (QED) is 0.625. The Hall–Kier alpha value is -1.09. The van der Waals surface area contributed by atoms with E-state index < -0.39 is 0 Å². The first-order valence-electron chi connectivity index (χ1n) is 4.16. The molecule has 0 aliphatic carbocycles. The highest BCUT2D eigenvalue weighted by molar-refractivity contribution is 5.45. The number of hydrogen-bond donors (Lipinski definition) is 0. The fourth-order valence-corrected chi connectivity index (χ4v) is 1.47. The normalized spacial score (nSPS) is 23.1. The molecule has 1 unspecified atom stereocenters. The molecule has 0 amide bonds. The van der Waals surface area contributed by atoms with Gasteiger partial charge in [-0.25, -0.2) is 0 Å². The highest BCUT2D eigenvalue weighted by atomic mass is 16.5. The van der Waals surface area contributed by atoms with E-state index in [2.05, 4.69) is 16.8 Å². The van der Waals surface area contributed by atoms with Crippen LogP contribution in [0, 0.1) is 0 Å². The van der Waals surface area contributed by atoms with Crippen LogP contribution in [-0.2, 0) is 4.74 Å². The maximum Gasteiger partial charge on any atom is 0.127 e. The van der Waals surface area contributed by atoms with E-state index in [1.54, 1.807) is 12.4 Å². The lowest BCUT2D eigenvalue weighted by atomic mass is 10.3. The maximum atomic E-state index is 5.43. The van der Waals surface area contributed by atoms with Crippen molar-refractivity contribution >= 4 is 5.69 Å². The van der Waals surface area contributed by atoms with Crippen LogP contribution in [0.1, 0.15) is 6.92 Å². The Kier molecular flexibility index (Phi) is 1.96. The average Bonchev–Trinajstić information content (AvgIpc) is 2.53. The predicted octanol–water partition coefficient (Wildman–Crippen LogP) is 1.26. The SMILES string of the molecule is CC1OCCN1c1ccncc1. The van der Waals surface area contributed by atoms with Crippen molar-refractivity contribution in [3.05, 3.63) is 24.5 Å². The van der Waals surface area contributed by atoms with Gasteiger partial charge in [-0.15, -0.1) is 0 Å². The van der Waals surface area contributed by atoms with Crippen molar-refractivity contribution < 1.29 is 4.74 Å². The van der Waals surface area contributed by atoms with Gasteiger partial charge in [0.25, 0.3) is 0 Å². The second kappa shape index (κ2) is 3.11. The molecular formula is C9H12N2O. The van der Waals surface area contributed by atoms with Crippen LogP contribution in [0.25, 0.3) is 0 Å². The highest BCUT2D eigenvalue weighted by Gasteiger charge is 2.20. The number of pyridine rings is 1. The Labute approximate surface area is 72.0 Å². The molecule has 0 aromatic carbocycles. The minimum Gasteiger partial charge on any atom is -0.357 e. The summed E-state index contributed by atoms with van der Waals surface area (Å²) in [5, 5.41) is 0. The van der Waals surface area contributed by atoms with Gasteiger partial charge in [-0.3, -0.25) is 4.98 Å². The Morgan fingerprint density at radius 3 is 2.83 bits per heavy atom. The third-order valence-electron chi connectivity index (χ3n) is 2.12. The molecule has 0 N–H and O–H groups in total. The van der Waals surface area contributed by atoms with E-state index >= 15 is 0 Å². The molecule has 2 rings (SSSR count). The van der Waals surface area contributed by atoms with E-state index in [9.17, 15) is 0 Å². The summed E-state index contributed by atoms with van der Waals surface area (Å²) in [7, 11) is 0. The molecule has 12 heavy (non-hydrogen) atoms. The molecule has 1 saturated heterocycles. The van der Waals surface area contributed by atoms with Crippen molar-refractivity contribution in [3.8, 4) is 0 Å². The lowest BCUT2D eigenvalue weighted by Crippen LogP contribution is -2.26. The molecule has 0 saturated carbocycles. The van der Waals surface area contributed by atoms with Crippen molar-refractivity contribution in [2.75, 3.05) is 18.1 Å². The Morgan fingerprint density at radius 2 is 2.25 bits per heavy atom. The molecule has 1 atom stereocenters. The van der Waals surface area contributed by atoms with Crippen LogP contribution in [0.2, 0.25) is 0 Å². The zero-order valence-corrected chi connectivity index (χ0v) is 7.10. The van der Waals surface area contributed by atoms with E-state index in [1.807, 2.05) is 12.1 Å². The van der Waals surface area contributed by atoms with E-state index in [1.165, 1.54) is 5.69 Å². The molecular weight excluding hydrogens is 152 g/mol. The van der Waals surface area contributed by atoms with Crippen molar-refractivity contribution in [3.63, 3.8) is 0 Å². The fraction of sp³-hybridized carbons (Fsp3) is 0.444. The molecule has 0 spiro atoms. The number of ether oxygens (including phenoxy) is 1. The van der Waals surface area contributed by atoms with Crippen LogP contribution in [0.4, 0.5) is 5.69 Å². The zero-order chi connectivity index (χ0) is 8.39. The third kappa shape index (κ3) is 1.28. The van der Waals surface area contributed by atoms with Gasteiger partial charge >= 0.3 is 0 Å². The van der Waals surface area contributed by atoms with Gasteiger partial charge in [0.05, 0.1) is 6.61 Å². The zero-order valence-electron chi connectivity index (χ0n) is 7.10. The summed E-state index contributed by atoms with van der Waals surface area (Å²) in [6.07, 6.45) is 3.81. The first-order chi connectivity index (χ1) is 5.88. The van der Waals surface area contributed by atoms with E-state index in [0.29, 0.717) is 0 Å². The summed E-state index contributed by atoms with van der Waals surface area (Å²) in [6.45, 7) is 3.86. The Bertz CT molecular complexity index is 250. The molecule has 0 radical (unpaired) electrons. The Balaban J connectivity index is 2.19. The van der Waals surface area contributed by atoms with Crippen molar-refractivity contribution in [1.29, 1.82) is 0 Å². The van der Waals surface area contributed by atoms with Crippen LogP contribution in [0.5, 0.6) is 0 Å². The van der Waals surface area contributed by atoms with Gasteiger partial charge in [0.2, 0.25) is 0 Å². The lowest BCUT2D eigenvalue weighted by molar-refractivity contribution is 0.127. The number of hydrogen-bond acceptors (Lipinski definition) is 3. The molecule has 0 bridgehead atoms. The minimum absolute atomic E-state index is 0.201. The van der Waals surface area contributed by atoms with E-state index in [4.69, 9.17) is 4.74 Å². The van der Waals surface area contributed by atoms with Gasteiger partial charge in [-0.05, 0) is 19.1 Å². The molecule has 1 aliphatic heterocycles. The van der Waals surface area contributed by atoms with Crippen LogP contribution in [0.3, 0.4) is 0 Å². The lowest BCUT2D eigenvalue weighted by Gasteiger charge is -2.21. The standard InChI is InChI=1S/C9H12N2O/c1-8-11(6-7-12-8)9-2-4-10-5-3-9/h2-5,8H,6-7H2,1H3. The first kappa shape index (κ1) is 7.55. The summed E-state index contributed by atoms with van der Waals surface area (Å²) >= 11 is 0. The third-order valence-corrected chi connectivity index (χ3v) is 2.12. The predicted molar refractivity (Wildman–Crippen MR) is 47.0 cm³/mol. The first-order valence-corrected chi connectivity index (χ1v) is 4.16. The average molecular weight is 164 g/mol. The van der Waals surface area contributed by atoms with Gasteiger partial charge < -0.3 is 9.64 Å². The van der Waals surface area contributed by atoms with Gasteiger partial charge in [0, 0.05) is 24.6 Å². The molecule has 3 nitrogen and oxygen atoms in total. The Morgan fingerprint density at radius 1 is 1.50 bits per heavy atom. The monoisotopic (exact) mass is 164 g/mol. The summed E-state index contributed by atoms with van der Waals surface area (Å²) in [5.41, 5.74) is 1.19. The van der Waals surface area contributed by atoms with Gasteiger partial charge in [-0.1, -0.05) is 0 Å². The van der Waals surface area contributed by atoms with Crippen molar-refractivity contribution in [2.24, 2.45) is 0 Å². The van der Waals surface area contributed by atoms with Gasteiger partial charge in [0.1, 0.15) is 6.23 Å². The molecule has 1 aromatic rings. The molecule has 3 heteroatoms. The second-order valence-corrected chi connectivity index (χ2v) is 2.87. The van der Waals surface area contributed by atoms with Crippen LogP contribution < -0.4 is 4.90 Å². The largest absolute Gasteiger partial charge is 0.357 e. The highest BCUT2D eigenvalue weighted by Crippen LogP contribution is 2.19. The fourth-order valence-electron chi connectivity index (χ4n) is 1.47. The number of aromatic nitrogens is 1. The smallest absolute Gasteiger partial charge is 0.127 e. The van der Waals surface area contributed by atoms with Gasteiger partial charge in [-0.2, -0.15) is 0 Å². The summed E-state index contributed by atoms with van der Waals surface area (Å²) in [4.78, 5) is 6.20. The van der Waals surface area contributed by atoms with Crippen LogP contribution in [-0.4, -0.2) is 24.4 Å². The molecule has 1 aromatic heterocycles.